The van der Waals surface area contributed by atoms with Crippen LogP contribution in [0.15, 0.2) is 77.2 Å². The number of aromatic nitrogens is 3. The van der Waals surface area contributed by atoms with E-state index in [1.54, 1.807) is 0 Å². The standard InChI is InChI=1S/C32H15N3O/c1-3-7-15-13(5-1)29-25-21-17(33-29)9-11-19-23(21)24-20(36-19)12-10-18-22(24)26-28-27(25)31(15)35-32(28)16-8-4-2-6-14(16)30(26)34-18/h1-12,33-35H. The molecule has 0 atom stereocenters. The zero-order chi connectivity index (χ0) is 22.9. The van der Waals surface area contributed by atoms with Crippen LogP contribution in [0.25, 0.3) is 109 Å². The Bertz CT molecular complexity index is 2510. The van der Waals surface area contributed by atoms with E-state index in [-0.39, 0.29) is 0 Å². The van der Waals surface area contributed by atoms with Gasteiger partial charge in [0.05, 0.1) is 22.1 Å². The second kappa shape index (κ2) is 5.02. The summed E-state index contributed by atoms with van der Waals surface area (Å²) in [5.74, 6) is 0. The van der Waals surface area contributed by atoms with E-state index in [9.17, 15) is 0 Å². The highest BCUT2D eigenvalue weighted by molar-refractivity contribution is 6.50. The van der Waals surface area contributed by atoms with E-state index in [0.29, 0.717) is 0 Å². The summed E-state index contributed by atoms with van der Waals surface area (Å²) >= 11 is 0. The Morgan fingerprint density at radius 2 is 0.750 bits per heavy atom. The molecule has 0 radical (unpaired) electrons. The first kappa shape index (κ1) is 16.6. The fraction of sp³-hybridized carbons (Fsp3) is 0. The lowest BCUT2D eigenvalue weighted by atomic mass is 9.91. The number of fused-ring (bicyclic) bond motifs is 6. The van der Waals surface area contributed by atoms with Gasteiger partial charge in [0.15, 0.2) is 0 Å². The number of furan rings is 1. The zero-order valence-electron chi connectivity index (χ0n) is 18.8. The predicted molar refractivity (Wildman–Crippen MR) is 150 cm³/mol. The molecule has 7 aromatic carbocycles. The molecular weight excluding hydrogens is 442 g/mol. The van der Waals surface area contributed by atoms with E-state index < -0.39 is 0 Å². The van der Waals surface area contributed by atoms with Crippen LogP contribution in [-0.2, 0) is 0 Å². The Balaban J connectivity index is 1.72. The highest BCUT2D eigenvalue weighted by Crippen LogP contribution is 2.53. The summed E-state index contributed by atoms with van der Waals surface area (Å²) in [5, 5.41) is 15.1. The van der Waals surface area contributed by atoms with E-state index in [0.717, 1.165) is 22.2 Å². The second-order valence-corrected chi connectivity index (χ2v) is 10.3. The summed E-state index contributed by atoms with van der Waals surface area (Å²) in [6.45, 7) is 0. The number of benzene rings is 6. The maximum absolute atomic E-state index is 6.50. The van der Waals surface area contributed by atoms with Gasteiger partial charge in [0.2, 0.25) is 0 Å². The van der Waals surface area contributed by atoms with Crippen LogP contribution in [0.5, 0.6) is 0 Å². The van der Waals surface area contributed by atoms with Crippen LogP contribution in [0, 0.1) is 0 Å². The third kappa shape index (κ3) is 1.51. The fourth-order valence-electron chi connectivity index (χ4n) is 7.47. The first-order valence-corrected chi connectivity index (χ1v) is 12.4. The van der Waals surface area contributed by atoms with Gasteiger partial charge in [-0.05, 0) is 24.3 Å². The van der Waals surface area contributed by atoms with Crippen LogP contribution >= 0.6 is 0 Å². The predicted octanol–water partition coefficient (Wildman–Crippen LogP) is 9.11. The summed E-state index contributed by atoms with van der Waals surface area (Å²) in [5.41, 5.74) is 9.00. The molecule has 11 aromatic rings. The molecule has 4 aromatic heterocycles. The zero-order valence-corrected chi connectivity index (χ0v) is 18.8. The van der Waals surface area contributed by atoms with Crippen molar-refractivity contribution in [2.24, 2.45) is 0 Å². The first-order chi connectivity index (χ1) is 17.9. The van der Waals surface area contributed by atoms with Crippen molar-refractivity contribution in [3.8, 4) is 0 Å². The SMILES string of the molecule is c1ccc2c(c1)c1[nH]c3ccc4oc5ccc6[nH]c7c8ccccc8c8[nH]c2c2c1c3c4c5c6c7c82. The van der Waals surface area contributed by atoms with Crippen molar-refractivity contribution in [1.29, 1.82) is 0 Å². The molecule has 0 saturated carbocycles. The molecule has 0 fully saturated rings. The van der Waals surface area contributed by atoms with Gasteiger partial charge in [-0.1, -0.05) is 48.5 Å². The third-order valence-electron chi connectivity index (χ3n) is 8.75. The van der Waals surface area contributed by atoms with Gasteiger partial charge in [-0.15, -0.1) is 0 Å². The minimum absolute atomic E-state index is 0.942. The number of rotatable bonds is 0. The maximum Gasteiger partial charge on any atom is 0.136 e. The Labute approximate surface area is 201 Å². The average molecular weight is 457 g/mol. The molecule has 36 heavy (non-hydrogen) atoms. The van der Waals surface area contributed by atoms with Gasteiger partial charge in [0.25, 0.3) is 0 Å². The maximum atomic E-state index is 6.50. The Hall–Kier alpha value is -4.96. The van der Waals surface area contributed by atoms with Crippen molar-refractivity contribution in [3.05, 3.63) is 72.8 Å². The molecule has 0 amide bonds. The van der Waals surface area contributed by atoms with E-state index in [1.807, 2.05) is 0 Å². The van der Waals surface area contributed by atoms with E-state index in [4.69, 9.17) is 4.42 Å². The van der Waals surface area contributed by atoms with E-state index in [2.05, 4.69) is 87.7 Å². The van der Waals surface area contributed by atoms with Crippen LogP contribution in [-0.4, -0.2) is 15.0 Å². The van der Waals surface area contributed by atoms with Crippen molar-refractivity contribution < 1.29 is 4.42 Å². The largest absolute Gasteiger partial charge is 0.456 e. The number of hydrogen-bond acceptors (Lipinski definition) is 1. The Kier molecular flexibility index (Phi) is 2.32. The number of aromatic amines is 3. The second-order valence-electron chi connectivity index (χ2n) is 10.3. The minimum Gasteiger partial charge on any atom is -0.456 e. The highest BCUT2D eigenvalue weighted by atomic mass is 16.3. The number of H-pyrrole nitrogens is 3. The smallest absolute Gasteiger partial charge is 0.136 e. The lowest BCUT2D eigenvalue weighted by molar-refractivity contribution is 0.669. The van der Waals surface area contributed by atoms with E-state index >= 15 is 0 Å². The van der Waals surface area contributed by atoms with Crippen LogP contribution in [0.2, 0.25) is 0 Å². The summed E-state index contributed by atoms with van der Waals surface area (Å²) in [6.07, 6.45) is 0. The van der Waals surface area contributed by atoms with E-state index in [1.165, 1.54) is 86.7 Å². The molecule has 4 nitrogen and oxygen atoms in total. The normalized spacial score (nSPS) is 13.6. The van der Waals surface area contributed by atoms with Crippen LogP contribution in [0.4, 0.5) is 0 Å². The van der Waals surface area contributed by atoms with Crippen LogP contribution in [0.1, 0.15) is 0 Å². The Morgan fingerprint density at radius 3 is 1.19 bits per heavy atom. The fourth-order valence-corrected chi connectivity index (χ4v) is 7.47. The van der Waals surface area contributed by atoms with Crippen LogP contribution < -0.4 is 0 Å². The van der Waals surface area contributed by atoms with Gasteiger partial charge in [0.1, 0.15) is 11.2 Å². The molecule has 4 heterocycles. The van der Waals surface area contributed by atoms with Gasteiger partial charge in [-0.3, -0.25) is 0 Å². The number of nitrogens with one attached hydrogen (secondary N) is 3. The average Bonchev–Trinajstić information content (AvgIpc) is 3.66. The van der Waals surface area contributed by atoms with Crippen molar-refractivity contribution in [2.75, 3.05) is 0 Å². The molecule has 0 spiro atoms. The molecule has 0 unspecified atom stereocenters. The lowest BCUT2D eigenvalue weighted by Crippen LogP contribution is -1.82. The molecule has 11 rings (SSSR count). The Morgan fingerprint density at radius 1 is 0.361 bits per heavy atom. The summed E-state index contributed by atoms with van der Waals surface area (Å²) in [4.78, 5) is 11.6. The van der Waals surface area contributed by atoms with Crippen molar-refractivity contribution >= 4 is 109 Å². The quantitative estimate of drug-likeness (QED) is 0.209. The topological polar surface area (TPSA) is 60.5 Å². The molecule has 0 aliphatic carbocycles. The summed E-state index contributed by atoms with van der Waals surface area (Å²) in [7, 11) is 0. The molecule has 0 bridgehead atoms. The van der Waals surface area contributed by atoms with Crippen molar-refractivity contribution in [2.45, 2.75) is 0 Å². The first-order valence-electron chi connectivity index (χ1n) is 12.4. The van der Waals surface area contributed by atoms with Gasteiger partial charge >= 0.3 is 0 Å². The van der Waals surface area contributed by atoms with Gasteiger partial charge < -0.3 is 19.4 Å². The number of hydrogen-bond donors (Lipinski definition) is 3. The van der Waals surface area contributed by atoms with Gasteiger partial charge in [-0.2, -0.15) is 0 Å². The summed E-state index contributed by atoms with van der Waals surface area (Å²) in [6, 6.07) is 26.1. The molecule has 0 aliphatic rings. The van der Waals surface area contributed by atoms with Crippen LogP contribution in [0.3, 0.4) is 0 Å². The van der Waals surface area contributed by atoms with Gasteiger partial charge in [0, 0.05) is 75.7 Å². The molecule has 164 valence electrons. The molecule has 3 N–H and O–H groups in total. The van der Waals surface area contributed by atoms with Crippen molar-refractivity contribution in [1.82, 2.24) is 15.0 Å². The summed E-state index contributed by atoms with van der Waals surface area (Å²) < 4.78 is 6.50. The molecule has 0 aliphatic heterocycles. The monoisotopic (exact) mass is 457 g/mol. The minimum atomic E-state index is 0.942. The lowest BCUT2D eigenvalue weighted by Gasteiger charge is -2.08. The highest BCUT2D eigenvalue weighted by Gasteiger charge is 2.28. The molecular formula is C32H15N3O. The third-order valence-corrected chi connectivity index (χ3v) is 8.75. The molecule has 4 heteroatoms. The van der Waals surface area contributed by atoms with Crippen molar-refractivity contribution in [3.63, 3.8) is 0 Å². The van der Waals surface area contributed by atoms with Gasteiger partial charge in [-0.25, -0.2) is 0 Å². The molecule has 0 saturated heterocycles.